The van der Waals surface area contributed by atoms with Crippen molar-refractivity contribution in [2.24, 2.45) is 5.10 Å². The molecule has 0 saturated carbocycles. The summed E-state index contributed by atoms with van der Waals surface area (Å²) in [6.45, 7) is 6.02. The summed E-state index contributed by atoms with van der Waals surface area (Å²) in [6, 6.07) is 9.79. The Bertz CT molecular complexity index is 754. The molecule has 0 spiro atoms. The molecule has 0 aromatic heterocycles. The number of aryl methyl sites for hydroxylation is 3. The molecule has 2 N–H and O–H groups in total. The van der Waals surface area contributed by atoms with Gasteiger partial charge in [0.05, 0.1) is 11.8 Å². The molecule has 1 amide bonds. The number of carbonyl (C=O) groups excluding carboxylic acids is 1. The minimum absolute atomic E-state index is 0.135. The number of hydrazone groups is 1. The highest BCUT2D eigenvalue weighted by Crippen LogP contribution is 2.14. The molecule has 0 saturated heterocycles. The van der Waals surface area contributed by atoms with E-state index in [0.717, 1.165) is 16.7 Å². The summed E-state index contributed by atoms with van der Waals surface area (Å²) in [7, 11) is 0. The van der Waals surface area contributed by atoms with E-state index >= 15 is 0 Å². The molecule has 2 rings (SSSR count). The van der Waals surface area contributed by atoms with Gasteiger partial charge in [-0.1, -0.05) is 17.7 Å². The molecule has 0 bridgehead atoms. The topological polar surface area (TPSA) is 78.8 Å². The monoisotopic (exact) mass is 310 g/mol. The van der Waals surface area contributed by atoms with Gasteiger partial charge in [-0.05, 0) is 56.2 Å². The lowest BCUT2D eigenvalue weighted by Gasteiger charge is -2.06. The first kappa shape index (κ1) is 16.4. The van der Waals surface area contributed by atoms with Crippen molar-refractivity contribution in [3.8, 4) is 0 Å². The number of hydrogen-bond acceptors (Lipinski definition) is 3. The highest BCUT2D eigenvalue weighted by molar-refractivity contribution is 5.96. The van der Waals surface area contributed by atoms with Crippen molar-refractivity contribution >= 4 is 18.1 Å². The third kappa shape index (κ3) is 4.03. The summed E-state index contributed by atoms with van der Waals surface area (Å²) in [5.74, 6) is -1.42. The Balaban J connectivity index is 2.08. The molecule has 0 aliphatic rings. The number of carboxylic acids is 1. The smallest absolute Gasteiger partial charge is 0.335 e. The second-order valence-corrected chi connectivity index (χ2v) is 5.39. The van der Waals surface area contributed by atoms with E-state index in [0.29, 0.717) is 5.56 Å². The number of amides is 1. The van der Waals surface area contributed by atoms with Crippen LogP contribution in [0, 0.1) is 20.8 Å². The minimum Gasteiger partial charge on any atom is -0.478 e. The Morgan fingerprint density at radius 1 is 1.00 bits per heavy atom. The summed E-state index contributed by atoms with van der Waals surface area (Å²) >= 11 is 0. The SMILES string of the molecule is Cc1cc(C)c(/C=N/NC(=O)c2ccc(C(=O)O)cc2)c(C)c1. The number of carboxylic acid groups (broad SMARTS) is 1. The molecule has 0 aliphatic heterocycles. The fraction of sp³-hybridized carbons (Fsp3) is 0.167. The van der Waals surface area contributed by atoms with E-state index in [4.69, 9.17) is 5.11 Å². The summed E-state index contributed by atoms with van der Waals surface area (Å²) in [5, 5.41) is 12.8. The van der Waals surface area contributed by atoms with E-state index in [1.165, 1.54) is 29.8 Å². The Hall–Kier alpha value is -2.95. The van der Waals surface area contributed by atoms with Crippen molar-refractivity contribution in [2.75, 3.05) is 0 Å². The third-order valence-electron chi connectivity index (χ3n) is 3.49. The van der Waals surface area contributed by atoms with Crippen molar-refractivity contribution in [1.82, 2.24) is 5.43 Å². The zero-order valence-corrected chi connectivity index (χ0v) is 13.3. The minimum atomic E-state index is -1.03. The van der Waals surface area contributed by atoms with Crippen LogP contribution in [0.3, 0.4) is 0 Å². The highest BCUT2D eigenvalue weighted by atomic mass is 16.4. The zero-order chi connectivity index (χ0) is 17.0. The fourth-order valence-electron chi connectivity index (χ4n) is 2.38. The van der Waals surface area contributed by atoms with Gasteiger partial charge in [0.1, 0.15) is 0 Å². The molecule has 23 heavy (non-hydrogen) atoms. The molecule has 5 nitrogen and oxygen atoms in total. The number of benzene rings is 2. The van der Waals surface area contributed by atoms with E-state index in [9.17, 15) is 9.59 Å². The molecule has 2 aromatic carbocycles. The molecule has 0 aliphatic carbocycles. The summed E-state index contributed by atoms with van der Waals surface area (Å²) in [4.78, 5) is 22.7. The molecule has 2 aromatic rings. The number of nitrogens with zero attached hydrogens (tertiary/aromatic N) is 1. The van der Waals surface area contributed by atoms with Crippen molar-refractivity contribution in [3.63, 3.8) is 0 Å². The van der Waals surface area contributed by atoms with Gasteiger partial charge >= 0.3 is 5.97 Å². The predicted octanol–water partition coefficient (Wildman–Crippen LogP) is 3.07. The van der Waals surface area contributed by atoms with Gasteiger partial charge in [0.2, 0.25) is 0 Å². The van der Waals surface area contributed by atoms with Crippen molar-refractivity contribution < 1.29 is 14.7 Å². The van der Waals surface area contributed by atoms with Gasteiger partial charge in [0, 0.05) is 11.1 Å². The van der Waals surface area contributed by atoms with Crippen LogP contribution < -0.4 is 5.43 Å². The number of rotatable bonds is 4. The van der Waals surface area contributed by atoms with Crippen LogP contribution >= 0.6 is 0 Å². The lowest BCUT2D eigenvalue weighted by molar-refractivity contribution is 0.0696. The maximum Gasteiger partial charge on any atom is 0.335 e. The van der Waals surface area contributed by atoms with E-state index < -0.39 is 5.97 Å². The van der Waals surface area contributed by atoms with Crippen LogP contribution in [0.5, 0.6) is 0 Å². The van der Waals surface area contributed by atoms with Gasteiger partial charge in [-0.3, -0.25) is 4.79 Å². The molecule has 0 atom stereocenters. The molecule has 0 radical (unpaired) electrons. The maximum absolute atomic E-state index is 12.0. The predicted molar refractivity (Wildman–Crippen MR) is 89.1 cm³/mol. The molecular formula is C18H18N2O3. The number of aromatic carboxylic acids is 1. The largest absolute Gasteiger partial charge is 0.478 e. The molecule has 0 fully saturated rings. The average molecular weight is 310 g/mol. The maximum atomic E-state index is 12.0. The average Bonchev–Trinajstić information content (AvgIpc) is 2.49. The van der Waals surface area contributed by atoms with E-state index in [-0.39, 0.29) is 11.5 Å². The molecule has 0 unspecified atom stereocenters. The Morgan fingerprint density at radius 3 is 2.04 bits per heavy atom. The quantitative estimate of drug-likeness (QED) is 0.673. The Labute approximate surface area is 134 Å². The van der Waals surface area contributed by atoms with Gasteiger partial charge < -0.3 is 5.11 Å². The van der Waals surface area contributed by atoms with Crippen molar-refractivity contribution in [2.45, 2.75) is 20.8 Å². The lowest BCUT2D eigenvalue weighted by atomic mass is 10.0. The first-order chi connectivity index (χ1) is 10.9. The van der Waals surface area contributed by atoms with E-state index in [1.807, 2.05) is 20.8 Å². The van der Waals surface area contributed by atoms with E-state index in [2.05, 4.69) is 22.7 Å². The van der Waals surface area contributed by atoms with Gasteiger partial charge in [-0.2, -0.15) is 5.10 Å². The highest BCUT2D eigenvalue weighted by Gasteiger charge is 2.07. The summed E-state index contributed by atoms with van der Waals surface area (Å²) in [6.07, 6.45) is 1.62. The number of nitrogens with one attached hydrogen (secondary N) is 1. The lowest BCUT2D eigenvalue weighted by Crippen LogP contribution is -2.17. The Morgan fingerprint density at radius 2 is 1.52 bits per heavy atom. The van der Waals surface area contributed by atoms with Crippen LogP contribution in [0.15, 0.2) is 41.5 Å². The summed E-state index contributed by atoms with van der Waals surface area (Å²) < 4.78 is 0. The Kier molecular flexibility index (Phi) is 4.91. The second kappa shape index (κ2) is 6.87. The number of hydrogen-bond donors (Lipinski definition) is 2. The first-order valence-electron chi connectivity index (χ1n) is 7.13. The number of carbonyl (C=O) groups is 2. The molecule has 118 valence electrons. The zero-order valence-electron chi connectivity index (χ0n) is 13.3. The van der Waals surface area contributed by atoms with Gasteiger partial charge in [0.25, 0.3) is 5.91 Å². The van der Waals surface area contributed by atoms with Crippen molar-refractivity contribution in [1.29, 1.82) is 0 Å². The van der Waals surface area contributed by atoms with Crippen LogP contribution in [-0.2, 0) is 0 Å². The second-order valence-electron chi connectivity index (χ2n) is 5.39. The van der Waals surface area contributed by atoms with Gasteiger partial charge in [0.15, 0.2) is 0 Å². The van der Waals surface area contributed by atoms with Crippen LogP contribution in [0.1, 0.15) is 43.0 Å². The normalized spacial score (nSPS) is 10.7. The van der Waals surface area contributed by atoms with Crippen LogP contribution in [0.4, 0.5) is 0 Å². The summed E-state index contributed by atoms with van der Waals surface area (Å²) in [5.41, 5.74) is 7.26. The third-order valence-corrected chi connectivity index (χ3v) is 3.49. The fourth-order valence-corrected chi connectivity index (χ4v) is 2.38. The first-order valence-corrected chi connectivity index (χ1v) is 7.13. The van der Waals surface area contributed by atoms with Crippen LogP contribution in [0.25, 0.3) is 0 Å². The van der Waals surface area contributed by atoms with Gasteiger partial charge in [-0.15, -0.1) is 0 Å². The van der Waals surface area contributed by atoms with Gasteiger partial charge in [-0.25, -0.2) is 10.2 Å². The van der Waals surface area contributed by atoms with E-state index in [1.54, 1.807) is 6.21 Å². The molecular weight excluding hydrogens is 292 g/mol. The molecule has 0 heterocycles. The van der Waals surface area contributed by atoms with Crippen LogP contribution in [0.2, 0.25) is 0 Å². The standard InChI is InChI=1S/C18H18N2O3/c1-11-8-12(2)16(13(3)9-11)10-19-20-17(21)14-4-6-15(7-5-14)18(22)23/h4-10H,1-3H3,(H,20,21)(H,22,23)/b19-10+. The molecule has 5 heteroatoms. The van der Waals surface area contributed by atoms with Crippen LogP contribution in [-0.4, -0.2) is 23.2 Å². The van der Waals surface area contributed by atoms with Crippen molar-refractivity contribution in [3.05, 3.63) is 69.8 Å².